The zero-order chi connectivity index (χ0) is 22.1. The number of halogens is 1. The quantitative estimate of drug-likeness (QED) is 0.665. The van der Waals surface area contributed by atoms with E-state index in [2.05, 4.69) is 11.9 Å². The van der Waals surface area contributed by atoms with Crippen LogP contribution in [0.3, 0.4) is 0 Å². The fourth-order valence-electron chi connectivity index (χ4n) is 2.55. The van der Waals surface area contributed by atoms with Crippen molar-refractivity contribution in [2.24, 2.45) is 11.1 Å². The number of amides is 2. The highest BCUT2D eigenvalue weighted by atomic mass is 19.1. The molecule has 1 aromatic rings. The number of carbonyl (C=O) groups excluding carboxylic acids is 2. The van der Waals surface area contributed by atoms with Gasteiger partial charge in [0.2, 0.25) is 5.91 Å². The number of ether oxygens (including phenoxy) is 1. The highest BCUT2D eigenvalue weighted by Crippen LogP contribution is 2.40. The average molecular weight is 394 g/mol. The Morgan fingerprint density at radius 3 is 2.21 bits per heavy atom. The van der Waals surface area contributed by atoms with Gasteiger partial charge in [-0.1, -0.05) is 6.58 Å². The van der Waals surface area contributed by atoms with Gasteiger partial charge in [0.15, 0.2) is 0 Å². The Morgan fingerprint density at radius 1 is 1.18 bits per heavy atom. The molecule has 1 rings (SSSR count). The largest absolute Gasteiger partial charge is 0.444 e. The molecule has 0 unspecified atom stereocenters. The summed E-state index contributed by atoms with van der Waals surface area (Å²) in [5, 5.41) is 2.42. The molecule has 0 aliphatic rings. The van der Waals surface area contributed by atoms with Gasteiger partial charge in [-0.3, -0.25) is 10.1 Å². The average Bonchev–Trinajstić information content (AvgIpc) is 2.53. The number of nitrogens with one attached hydrogen (secondary N) is 1. The van der Waals surface area contributed by atoms with E-state index in [0.717, 1.165) is 4.90 Å². The third-order valence-electron chi connectivity index (χ3n) is 4.74. The van der Waals surface area contributed by atoms with Crippen molar-refractivity contribution < 1.29 is 18.7 Å². The van der Waals surface area contributed by atoms with Gasteiger partial charge in [-0.25, -0.2) is 9.18 Å². The minimum atomic E-state index is -1.40. The molecule has 0 heterocycles. The maximum absolute atomic E-state index is 14.4. The molecule has 0 radical (unpaired) electrons. The molecule has 0 bridgehead atoms. The molecule has 0 aromatic heterocycles. The van der Waals surface area contributed by atoms with Crippen LogP contribution in [-0.2, 0) is 15.1 Å². The predicted octanol–water partition coefficient (Wildman–Crippen LogP) is 3.06. The standard InChI is InChI=1S/C20H31FN4O3/c1-12(24-17(27)28-18(2,3)4)25(8)16(26)19(5,6)20(7,23)14-11-13(22)9-10-15(14)21/h9-11H,1,22-23H2,2-8H3,(H,24,27)/t20-/m1/s1. The summed E-state index contributed by atoms with van der Waals surface area (Å²) in [5.74, 6) is -1.02. The zero-order valence-electron chi connectivity index (χ0n) is 17.6. The minimum absolute atomic E-state index is 0.0103. The van der Waals surface area contributed by atoms with Crippen molar-refractivity contribution >= 4 is 17.7 Å². The number of nitrogens with two attached hydrogens (primary N) is 2. The van der Waals surface area contributed by atoms with Crippen molar-refractivity contribution in [1.29, 1.82) is 0 Å². The Bertz CT molecular complexity index is 782. The van der Waals surface area contributed by atoms with Gasteiger partial charge in [0.05, 0.1) is 11.0 Å². The third kappa shape index (κ3) is 5.01. The van der Waals surface area contributed by atoms with Crippen LogP contribution in [0.25, 0.3) is 0 Å². The van der Waals surface area contributed by atoms with E-state index in [0.29, 0.717) is 5.69 Å². The number of hydrogen-bond donors (Lipinski definition) is 3. The number of nitrogens with zero attached hydrogens (tertiary/aromatic N) is 1. The topological polar surface area (TPSA) is 111 Å². The highest BCUT2D eigenvalue weighted by molar-refractivity contribution is 5.86. The molecule has 0 spiro atoms. The molecular formula is C20H31FN4O3. The minimum Gasteiger partial charge on any atom is -0.444 e. The van der Waals surface area contributed by atoms with E-state index in [9.17, 15) is 14.0 Å². The van der Waals surface area contributed by atoms with Crippen LogP contribution < -0.4 is 16.8 Å². The maximum Gasteiger partial charge on any atom is 0.413 e. The Morgan fingerprint density at radius 2 is 1.71 bits per heavy atom. The monoisotopic (exact) mass is 394 g/mol. The molecule has 1 atom stereocenters. The summed E-state index contributed by atoms with van der Waals surface area (Å²) < 4.78 is 19.5. The van der Waals surface area contributed by atoms with Crippen molar-refractivity contribution in [2.75, 3.05) is 12.8 Å². The van der Waals surface area contributed by atoms with Crippen molar-refractivity contribution in [1.82, 2.24) is 10.2 Å². The number of carbonyl (C=O) groups is 2. The van der Waals surface area contributed by atoms with Crippen LogP contribution in [0.1, 0.15) is 47.1 Å². The van der Waals surface area contributed by atoms with Crippen molar-refractivity contribution in [2.45, 2.75) is 52.7 Å². The zero-order valence-corrected chi connectivity index (χ0v) is 17.6. The second-order valence-electron chi connectivity index (χ2n) is 8.50. The molecule has 0 saturated carbocycles. The van der Waals surface area contributed by atoms with E-state index in [-0.39, 0.29) is 11.4 Å². The fourth-order valence-corrected chi connectivity index (χ4v) is 2.55. The fraction of sp³-hybridized carbons (Fsp3) is 0.500. The molecule has 5 N–H and O–H groups in total. The van der Waals surface area contributed by atoms with Crippen LogP contribution in [0.15, 0.2) is 30.6 Å². The Labute approximate surface area is 165 Å². The number of hydrogen-bond acceptors (Lipinski definition) is 5. The summed E-state index contributed by atoms with van der Waals surface area (Å²) in [6, 6.07) is 4.05. The van der Waals surface area contributed by atoms with Gasteiger partial charge in [0.1, 0.15) is 17.2 Å². The SMILES string of the molecule is C=C(NC(=O)OC(C)(C)C)N(C)C(=O)C(C)(C)[C@](C)(N)c1cc(N)ccc1F. The number of anilines is 1. The number of nitrogen functional groups attached to an aromatic ring is 1. The lowest BCUT2D eigenvalue weighted by Crippen LogP contribution is -2.56. The van der Waals surface area contributed by atoms with Crippen LogP contribution in [-0.4, -0.2) is 29.5 Å². The molecule has 0 aliphatic carbocycles. The molecule has 0 saturated heterocycles. The second kappa shape index (κ2) is 7.79. The van der Waals surface area contributed by atoms with E-state index >= 15 is 0 Å². The van der Waals surface area contributed by atoms with Gasteiger partial charge in [-0.05, 0) is 59.7 Å². The van der Waals surface area contributed by atoms with Crippen molar-refractivity contribution in [3.05, 3.63) is 42.0 Å². The lowest BCUT2D eigenvalue weighted by atomic mass is 9.68. The first-order valence-electron chi connectivity index (χ1n) is 8.82. The number of alkyl carbamates (subject to hydrolysis) is 1. The van der Waals surface area contributed by atoms with Gasteiger partial charge in [-0.2, -0.15) is 0 Å². The lowest BCUT2D eigenvalue weighted by Gasteiger charge is -2.42. The molecule has 7 nitrogen and oxygen atoms in total. The van der Waals surface area contributed by atoms with E-state index < -0.39 is 34.4 Å². The summed E-state index contributed by atoms with van der Waals surface area (Å²) in [4.78, 5) is 26.2. The molecule has 8 heteroatoms. The molecule has 28 heavy (non-hydrogen) atoms. The first-order chi connectivity index (χ1) is 12.5. The Balaban J connectivity index is 3.09. The number of benzene rings is 1. The summed E-state index contributed by atoms with van der Waals surface area (Å²) in [6.45, 7) is 13.6. The lowest BCUT2D eigenvalue weighted by molar-refractivity contribution is -0.141. The maximum atomic E-state index is 14.4. The predicted molar refractivity (Wildman–Crippen MR) is 107 cm³/mol. The van der Waals surface area contributed by atoms with Crippen molar-refractivity contribution in [3.8, 4) is 0 Å². The van der Waals surface area contributed by atoms with Crippen LogP contribution >= 0.6 is 0 Å². The summed E-state index contributed by atoms with van der Waals surface area (Å²) in [6.07, 6.45) is -0.743. The van der Waals surface area contributed by atoms with Gasteiger partial charge >= 0.3 is 6.09 Å². The summed E-state index contributed by atoms with van der Waals surface area (Å²) >= 11 is 0. The first kappa shape index (κ1) is 23.4. The molecule has 1 aromatic carbocycles. The first-order valence-corrected chi connectivity index (χ1v) is 8.82. The summed E-state index contributed by atoms with van der Waals surface area (Å²) in [5.41, 5.74) is 9.27. The van der Waals surface area contributed by atoms with E-state index in [4.69, 9.17) is 16.2 Å². The normalized spacial score (nSPS) is 14.0. The van der Waals surface area contributed by atoms with Crippen LogP contribution in [0.5, 0.6) is 0 Å². The van der Waals surface area contributed by atoms with E-state index in [1.165, 1.54) is 25.2 Å². The van der Waals surface area contributed by atoms with Crippen LogP contribution in [0, 0.1) is 11.2 Å². The van der Waals surface area contributed by atoms with Gasteiger partial charge in [-0.15, -0.1) is 0 Å². The van der Waals surface area contributed by atoms with Crippen molar-refractivity contribution in [3.63, 3.8) is 0 Å². The molecule has 156 valence electrons. The molecular weight excluding hydrogens is 363 g/mol. The molecule has 2 amide bonds. The number of rotatable bonds is 5. The highest BCUT2D eigenvalue weighted by Gasteiger charge is 2.48. The van der Waals surface area contributed by atoms with Gasteiger partial charge < -0.3 is 21.1 Å². The molecule has 0 fully saturated rings. The van der Waals surface area contributed by atoms with Gasteiger partial charge in [0.25, 0.3) is 0 Å². The molecule has 0 aliphatic heterocycles. The van der Waals surface area contributed by atoms with Crippen LogP contribution in [0.4, 0.5) is 14.9 Å². The summed E-state index contributed by atoms with van der Waals surface area (Å²) in [7, 11) is 1.44. The Kier molecular flexibility index (Phi) is 6.52. The second-order valence-corrected chi connectivity index (χ2v) is 8.50. The smallest absolute Gasteiger partial charge is 0.413 e. The van der Waals surface area contributed by atoms with E-state index in [1.807, 2.05) is 0 Å². The Hall–Kier alpha value is -2.61. The van der Waals surface area contributed by atoms with E-state index in [1.54, 1.807) is 41.5 Å². The third-order valence-corrected chi connectivity index (χ3v) is 4.74. The van der Waals surface area contributed by atoms with Gasteiger partial charge in [0, 0.05) is 18.3 Å². The van der Waals surface area contributed by atoms with Crippen LogP contribution in [0.2, 0.25) is 0 Å².